The first-order valence-electron chi connectivity index (χ1n) is 9.10. The number of pyridine rings is 1. The van der Waals surface area contributed by atoms with Crippen LogP contribution in [-0.2, 0) is 0 Å². The van der Waals surface area contributed by atoms with Gasteiger partial charge in [-0.2, -0.15) is 0 Å². The average Bonchev–Trinajstić information content (AvgIpc) is 2.71. The fourth-order valence-electron chi connectivity index (χ4n) is 4.00. The lowest BCUT2D eigenvalue weighted by Gasteiger charge is -2.14. The van der Waals surface area contributed by atoms with Gasteiger partial charge in [0.25, 0.3) is 0 Å². The molecule has 1 heterocycles. The molecule has 0 bridgehead atoms. The van der Waals surface area contributed by atoms with E-state index >= 15 is 0 Å². The minimum absolute atomic E-state index is 0.867. The van der Waals surface area contributed by atoms with Crippen LogP contribution in [0.4, 0.5) is 0 Å². The highest BCUT2D eigenvalue weighted by Crippen LogP contribution is 2.39. The fraction of sp³-hybridized carbons (Fsp3) is 0.0800. The summed E-state index contributed by atoms with van der Waals surface area (Å²) in [7, 11) is 1.71. The van der Waals surface area contributed by atoms with Crippen LogP contribution < -0.4 is 4.74 Å². The average molecular weight is 349 g/mol. The fourth-order valence-corrected chi connectivity index (χ4v) is 4.00. The maximum absolute atomic E-state index is 5.53. The number of hydrogen-bond donors (Lipinski definition) is 0. The van der Waals surface area contributed by atoms with Crippen molar-refractivity contribution in [3.05, 3.63) is 84.6 Å². The highest BCUT2D eigenvalue weighted by molar-refractivity contribution is 6.19. The van der Waals surface area contributed by atoms with E-state index in [2.05, 4.69) is 73.7 Å². The third kappa shape index (κ3) is 2.53. The first-order chi connectivity index (χ1) is 13.2. The first kappa shape index (κ1) is 15.8. The summed E-state index contributed by atoms with van der Waals surface area (Å²) in [4.78, 5) is 4.73. The van der Waals surface area contributed by atoms with Crippen LogP contribution in [0, 0.1) is 6.92 Å². The molecule has 2 nitrogen and oxygen atoms in total. The van der Waals surface area contributed by atoms with Crippen LogP contribution in [0.2, 0.25) is 0 Å². The van der Waals surface area contributed by atoms with Gasteiger partial charge in [-0.25, -0.2) is 0 Å². The summed E-state index contributed by atoms with van der Waals surface area (Å²) in [6.45, 7) is 2.10. The molecule has 0 saturated heterocycles. The zero-order chi connectivity index (χ0) is 18.4. The molecule has 0 unspecified atom stereocenters. The highest BCUT2D eigenvalue weighted by Gasteiger charge is 2.14. The Kier molecular flexibility index (Phi) is 3.58. The maximum atomic E-state index is 5.53. The maximum Gasteiger partial charge on any atom is 0.119 e. The molecule has 5 rings (SSSR count). The lowest BCUT2D eigenvalue weighted by molar-refractivity contribution is 0.414. The zero-order valence-corrected chi connectivity index (χ0v) is 15.4. The molecule has 4 aromatic carbocycles. The molecule has 0 radical (unpaired) electrons. The smallest absolute Gasteiger partial charge is 0.119 e. The monoisotopic (exact) mass is 349 g/mol. The highest BCUT2D eigenvalue weighted by atomic mass is 16.5. The Morgan fingerprint density at radius 3 is 2.48 bits per heavy atom. The van der Waals surface area contributed by atoms with E-state index < -0.39 is 0 Å². The van der Waals surface area contributed by atoms with Gasteiger partial charge in [0.15, 0.2) is 0 Å². The lowest BCUT2D eigenvalue weighted by atomic mass is 9.91. The number of aromatic nitrogens is 1. The number of rotatable bonds is 2. The van der Waals surface area contributed by atoms with Gasteiger partial charge in [0.1, 0.15) is 5.75 Å². The lowest BCUT2D eigenvalue weighted by Crippen LogP contribution is -1.91. The third-order valence-electron chi connectivity index (χ3n) is 5.19. The largest absolute Gasteiger partial charge is 0.497 e. The molecule has 0 amide bonds. The standard InChI is InChI=1S/C25H19NO/c1-16-12-19(14-20(13-16)27-2)24-22-10-9-17-6-3-4-8-21(17)23(22)15-18-7-5-11-26-25(18)24/h3-15H,1-2H3. The Labute approximate surface area is 158 Å². The molecular formula is C25H19NO. The molecule has 0 aliphatic carbocycles. The molecule has 0 fully saturated rings. The normalized spacial score (nSPS) is 11.3. The number of ether oxygens (including phenoxy) is 1. The summed E-state index contributed by atoms with van der Waals surface area (Å²) in [5, 5.41) is 6.14. The minimum Gasteiger partial charge on any atom is -0.497 e. The van der Waals surface area contributed by atoms with Gasteiger partial charge >= 0.3 is 0 Å². The van der Waals surface area contributed by atoms with Crippen LogP contribution in [0.5, 0.6) is 5.75 Å². The van der Waals surface area contributed by atoms with E-state index in [0.717, 1.165) is 27.8 Å². The second-order valence-electron chi connectivity index (χ2n) is 6.95. The van der Waals surface area contributed by atoms with Crippen LogP contribution in [0.3, 0.4) is 0 Å². The second-order valence-corrected chi connectivity index (χ2v) is 6.95. The van der Waals surface area contributed by atoms with Crippen molar-refractivity contribution in [3.63, 3.8) is 0 Å². The van der Waals surface area contributed by atoms with Gasteiger partial charge in [-0.1, -0.05) is 48.5 Å². The van der Waals surface area contributed by atoms with E-state index in [1.54, 1.807) is 7.11 Å². The quantitative estimate of drug-likeness (QED) is 0.267. The molecule has 0 atom stereocenters. The molecule has 0 saturated carbocycles. The molecular weight excluding hydrogens is 330 g/mol. The van der Waals surface area contributed by atoms with Gasteiger partial charge in [0, 0.05) is 17.1 Å². The molecule has 1 aromatic heterocycles. The van der Waals surface area contributed by atoms with Gasteiger partial charge in [0.2, 0.25) is 0 Å². The first-order valence-corrected chi connectivity index (χ1v) is 9.10. The summed E-state index contributed by atoms with van der Waals surface area (Å²) >= 11 is 0. The third-order valence-corrected chi connectivity index (χ3v) is 5.19. The van der Waals surface area contributed by atoms with Gasteiger partial charge in [-0.15, -0.1) is 0 Å². The van der Waals surface area contributed by atoms with E-state index in [4.69, 9.17) is 9.72 Å². The Balaban J connectivity index is 2.00. The zero-order valence-electron chi connectivity index (χ0n) is 15.4. The number of hydrogen-bond acceptors (Lipinski definition) is 2. The predicted molar refractivity (Wildman–Crippen MR) is 113 cm³/mol. The number of fused-ring (bicyclic) bond motifs is 4. The summed E-state index contributed by atoms with van der Waals surface area (Å²) < 4.78 is 5.53. The molecule has 27 heavy (non-hydrogen) atoms. The Morgan fingerprint density at radius 2 is 1.59 bits per heavy atom. The van der Waals surface area contributed by atoms with Crippen molar-refractivity contribution in [2.24, 2.45) is 0 Å². The minimum atomic E-state index is 0.867. The van der Waals surface area contributed by atoms with Crippen molar-refractivity contribution < 1.29 is 4.74 Å². The van der Waals surface area contributed by atoms with Crippen molar-refractivity contribution in [3.8, 4) is 16.9 Å². The predicted octanol–water partition coefficient (Wildman–Crippen LogP) is 6.53. The van der Waals surface area contributed by atoms with Crippen molar-refractivity contribution >= 4 is 32.4 Å². The van der Waals surface area contributed by atoms with Crippen LogP contribution in [0.25, 0.3) is 43.6 Å². The molecule has 0 aliphatic heterocycles. The molecule has 0 spiro atoms. The summed E-state index contributed by atoms with van der Waals surface area (Å²) in [6, 6.07) is 25.7. The van der Waals surface area contributed by atoms with Crippen LogP contribution >= 0.6 is 0 Å². The van der Waals surface area contributed by atoms with Gasteiger partial charge in [-0.3, -0.25) is 4.98 Å². The number of aryl methyl sites for hydroxylation is 1. The van der Waals surface area contributed by atoms with Crippen LogP contribution in [-0.4, -0.2) is 12.1 Å². The molecule has 2 heteroatoms. The summed E-state index contributed by atoms with van der Waals surface area (Å²) in [5.41, 5.74) is 4.49. The Bertz CT molecular complexity index is 1320. The number of methoxy groups -OCH3 is 1. The van der Waals surface area contributed by atoms with Crippen molar-refractivity contribution in [2.75, 3.05) is 7.11 Å². The topological polar surface area (TPSA) is 22.1 Å². The van der Waals surface area contributed by atoms with Crippen molar-refractivity contribution in [2.45, 2.75) is 6.92 Å². The molecule has 0 N–H and O–H groups in total. The van der Waals surface area contributed by atoms with Gasteiger partial charge < -0.3 is 4.74 Å². The molecule has 130 valence electrons. The SMILES string of the molecule is COc1cc(C)cc(-c2c3ccc4ccccc4c3cc3cccnc23)c1. The Morgan fingerprint density at radius 1 is 0.741 bits per heavy atom. The van der Waals surface area contributed by atoms with Crippen molar-refractivity contribution in [1.29, 1.82) is 0 Å². The van der Waals surface area contributed by atoms with Crippen LogP contribution in [0.1, 0.15) is 5.56 Å². The number of nitrogens with zero attached hydrogens (tertiary/aromatic N) is 1. The van der Waals surface area contributed by atoms with Crippen molar-refractivity contribution in [1.82, 2.24) is 4.98 Å². The number of benzene rings is 4. The summed E-state index contributed by atoms with van der Waals surface area (Å²) in [6.07, 6.45) is 1.87. The van der Waals surface area contributed by atoms with Crippen LogP contribution in [0.15, 0.2) is 79.0 Å². The van der Waals surface area contributed by atoms with E-state index in [1.165, 1.54) is 27.1 Å². The van der Waals surface area contributed by atoms with E-state index in [1.807, 2.05) is 12.3 Å². The molecule has 5 aromatic rings. The van der Waals surface area contributed by atoms with Gasteiger partial charge in [-0.05, 0) is 63.9 Å². The molecule has 0 aliphatic rings. The second kappa shape index (κ2) is 6.10. The Hall–Kier alpha value is -3.39. The van der Waals surface area contributed by atoms with E-state index in [9.17, 15) is 0 Å². The summed E-state index contributed by atoms with van der Waals surface area (Å²) in [5.74, 6) is 0.867. The van der Waals surface area contributed by atoms with Gasteiger partial charge in [0.05, 0.1) is 12.6 Å². The van der Waals surface area contributed by atoms with E-state index in [0.29, 0.717) is 0 Å². The van der Waals surface area contributed by atoms with E-state index in [-0.39, 0.29) is 0 Å².